The van der Waals surface area contributed by atoms with Crippen molar-refractivity contribution in [2.75, 3.05) is 9.93 Å². The van der Waals surface area contributed by atoms with Gasteiger partial charge < -0.3 is 0 Å². The molecule has 1 N–H and O–H groups in total. The van der Waals surface area contributed by atoms with Crippen LogP contribution in [0, 0.1) is 0 Å². The van der Waals surface area contributed by atoms with Gasteiger partial charge in [0.1, 0.15) is 5.21 Å². The molecule has 0 atom stereocenters. The van der Waals surface area contributed by atoms with E-state index in [1.165, 1.54) is 6.07 Å². The quantitative estimate of drug-likeness (QED) is 0.861. The Kier molecular flexibility index (Phi) is 3.69. The molecule has 0 amide bonds. The highest BCUT2D eigenvalue weighted by Crippen LogP contribution is 2.30. The summed E-state index contributed by atoms with van der Waals surface area (Å²) in [6.07, 6.45) is -4.51. The summed E-state index contributed by atoms with van der Waals surface area (Å²) in [6.45, 7) is 0. The Hall–Kier alpha value is -0.950. The standard InChI is InChI=1S/C8H7ClF3NO2S/c9-5-16(14,15)13-7-3-1-2-6(4-7)8(10,11)12/h1-4,13H,5H2. The molecular weight excluding hydrogens is 267 g/mol. The maximum absolute atomic E-state index is 12.3. The van der Waals surface area contributed by atoms with Crippen molar-refractivity contribution >= 4 is 27.3 Å². The lowest BCUT2D eigenvalue weighted by Gasteiger charge is -2.09. The Morgan fingerprint density at radius 2 is 1.94 bits per heavy atom. The lowest BCUT2D eigenvalue weighted by atomic mass is 10.2. The predicted molar refractivity (Wildman–Crippen MR) is 54.7 cm³/mol. The molecule has 0 fully saturated rings. The smallest absolute Gasteiger partial charge is 0.283 e. The molecule has 0 aliphatic carbocycles. The van der Waals surface area contributed by atoms with Gasteiger partial charge in [0.15, 0.2) is 0 Å². The van der Waals surface area contributed by atoms with Crippen LogP contribution in [0.25, 0.3) is 0 Å². The Balaban J connectivity index is 3.01. The Morgan fingerprint density at radius 1 is 1.31 bits per heavy atom. The van der Waals surface area contributed by atoms with Gasteiger partial charge in [-0.3, -0.25) is 4.72 Å². The van der Waals surface area contributed by atoms with Crippen molar-refractivity contribution < 1.29 is 21.6 Å². The minimum absolute atomic E-state index is 0.171. The van der Waals surface area contributed by atoms with Gasteiger partial charge >= 0.3 is 6.18 Å². The van der Waals surface area contributed by atoms with Crippen molar-refractivity contribution in [3.05, 3.63) is 29.8 Å². The molecule has 8 heteroatoms. The molecular formula is C8H7ClF3NO2S. The second-order valence-electron chi connectivity index (χ2n) is 2.90. The number of anilines is 1. The molecule has 1 aromatic rings. The van der Waals surface area contributed by atoms with Crippen LogP contribution < -0.4 is 4.72 Å². The van der Waals surface area contributed by atoms with Gasteiger partial charge in [-0.05, 0) is 18.2 Å². The van der Waals surface area contributed by atoms with E-state index in [-0.39, 0.29) is 5.69 Å². The van der Waals surface area contributed by atoms with Crippen LogP contribution >= 0.6 is 11.6 Å². The van der Waals surface area contributed by atoms with Gasteiger partial charge in [0.25, 0.3) is 0 Å². The zero-order valence-corrected chi connectivity index (χ0v) is 9.33. The number of nitrogens with one attached hydrogen (secondary N) is 1. The van der Waals surface area contributed by atoms with Crippen LogP contribution in [0.2, 0.25) is 0 Å². The summed E-state index contributed by atoms with van der Waals surface area (Å²) in [7, 11) is -3.79. The summed E-state index contributed by atoms with van der Waals surface area (Å²) >= 11 is 5.10. The third-order valence-corrected chi connectivity index (χ3v) is 3.30. The van der Waals surface area contributed by atoms with Gasteiger partial charge in [-0.25, -0.2) is 8.42 Å². The van der Waals surface area contributed by atoms with E-state index in [1.54, 1.807) is 0 Å². The van der Waals surface area contributed by atoms with Gasteiger partial charge in [-0.1, -0.05) is 6.07 Å². The third kappa shape index (κ3) is 3.57. The first-order valence-electron chi connectivity index (χ1n) is 3.98. The topological polar surface area (TPSA) is 46.2 Å². The van der Waals surface area contributed by atoms with E-state index in [9.17, 15) is 21.6 Å². The molecule has 1 rings (SSSR count). The van der Waals surface area contributed by atoms with Gasteiger partial charge in [0.2, 0.25) is 10.0 Å². The summed E-state index contributed by atoms with van der Waals surface area (Å²) in [5.74, 6) is 0. The lowest BCUT2D eigenvalue weighted by molar-refractivity contribution is -0.137. The third-order valence-electron chi connectivity index (χ3n) is 1.61. The zero-order chi connectivity index (χ0) is 12.4. The fourth-order valence-corrected chi connectivity index (χ4v) is 1.67. The van der Waals surface area contributed by atoms with E-state index in [1.807, 2.05) is 4.72 Å². The van der Waals surface area contributed by atoms with Gasteiger partial charge in [0, 0.05) is 5.69 Å². The molecule has 0 heterocycles. The van der Waals surface area contributed by atoms with Gasteiger partial charge in [-0.15, -0.1) is 11.6 Å². The van der Waals surface area contributed by atoms with E-state index in [0.29, 0.717) is 6.07 Å². The molecule has 0 unspecified atom stereocenters. The molecule has 0 radical (unpaired) electrons. The molecule has 3 nitrogen and oxygen atoms in total. The highest BCUT2D eigenvalue weighted by Gasteiger charge is 2.30. The van der Waals surface area contributed by atoms with Crippen LogP contribution in [0.15, 0.2) is 24.3 Å². The molecule has 0 saturated heterocycles. The summed E-state index contributed by atoms with van der Waals surface area (Å²) in [5, 5.41) is -0.719. The average molecular weight is 274 g/mol. The molecule has 0 spiro atoms. The van der Waals surface area contributed by atoms with Crippen molar-refractivity contribution in [1.82, 2.24) is 0 Å². The Labute approximate surface area is 95.3 Å². The first-order valence-corrected chi connectivity index (χ1v) is 6.17. The molecule has 0 aromatic heterocycles. The van der Waals surface area contributed by atoms with Crippen LogP contribution in [-0.4, -0.2) is 13.6 Å². The van der Waals surface area contributed by atoms with Crippen molar-refractivity contribution in [1.29, 1.82) is 0 Å². The number of halogens is 4. The second kappa shape index (κ2) is 4.50. The van der Waals surface area contributed by atoms with E-state index in [0.717, 1.165) is 12.1 Å². The maximum atomic E-state index is 12.3. The monoisotopic (exact) mass is 273 g/mol. The first kappa shape index (κ1) is 13.1. The van der Waals surface area contributed by atoms with Crippen molar-refractivity contribution in [3.63, 3.8) is 0 Å². The summed E-state index contributed by atoms with van der Waals surface area (Å²) in [5.41, 5.74) is -1.10. The first-order chi connectivity index (χ1) is 7.24. The van der Waals surface area contributed by atoms with Crippen LogP contribution in [0.4, 0.5) is 18.9 Å². The highest BCUT2D eigenvalue weighted by atomic mass is 35.5. The molecule has 1 aromatic carbocycles. The molecule has 0 saturated carbocycles. The second-order valence-corrected chi connectivity index (χ2v) is 5.21. The summed E-state index contributed by atoms with van der Waals surface area (Å²) in [4.78, 5) is 0. The van der Waals surface area contributed by atoms with Gasteiger partial charge in [0.05, 0.1) is 5.56 Å². The molecule has 16 heavy (non-hydrogen) atoms. The largest absolute Gasteiger partial charge is 0.416 e. The molecule has 0 aliphatic heterocycles. The number of sulfonamides is 1. The highest BCUT2D eigenvalue weighted by molar-refractivity contribution is 7.93. The SMILES string of the molecule is O=S(=O)(CCl)Nc1cccc(C(F)(F)F)c1. The zero-order valence-electron chi connectivity index (χ0n) is 7.75. The summed E-state index contributed by atoms with van der Waals surface area (Å²) < 4.78 is 60.8. The molecule has 0 aliphatic rings. The van der Waals surface area contributed by atoms with Crippen molar-refractivity contribution in [3.8, 4) is 0 Å². The number of hydrogen-bond acceptors (Lipinski definition) is 2. The number of alkyl halides is 4. The van der Waals surface area contributed by atoms with E-state index >= 15 is 0 Å². The Morgan fingerprint density at radius 3 is 2.44 bits per heavy atom. The van der Waals surface area contributed by atoms with E-state index < -0.39 is 27.0 Å². The maximum Gasteiger partial charge on any atom is 0.416 e. The summed E-state index contributed by atoms with van der Waals surface area (Å²) in [6, 6.07) is 3.86. The van der Waals surface area contributed by atoms with Crippen molar-refractivity contribution in [2.45, 2.75) is 6.18 Å². The minimum atomic E-state index is -4.51. The van der Waals surface area contributed by atoms with Gasteiger partial charge in [-0.2, -0.15) is 13.2 Å². The van der Waals surface area contributed by atoms with E-state index in [2.05, 4.69) is 0 Å². The van der Waals surface area contributed by atoms with Crippen molar-refractivity contribution in [2.24, 2.45) is 0 Å². The van der Waals surface area contributed by atoms with E-state index in [4.69, 9.17) is 11.6 Å². The molecule has 0 bridgehead atoms. The van der Waals surface area contributed by atoms with Crippen LogP contribution in [0.5, 0.6) is 0 Å². The van der Waals surface area contributed by atoms with Crippen LogP contribution in [0.3, 0.4) is 0 Å². The number of hydrogen-bond donors (Lipinski definition) is 1. The number of rotatable bonds is 3. The van der Waals surface area contributed by atoms with Crippen LogP contribution in [0.1, 0.15) is 5.56 Å². The Bertz CT molecular complexity index is 472. The average Bonchev–Trinajstić information content (AvgIpc) is 2.16. The normalized spacial score (nSPS) is 12.5. The fraction of sp³-hybridized carbons (Fsp3) is 0.250. The number of benzene rings is 1. The molecule has 90 valence electrons. The van der Waals surface area contributed by atoms with Crippen LogP contribution in [-0.2, 0) is 16.2 Å². The fourth-order valence-electron chi connectivity index (χ4n) is 0.966. The lowest BCUT2D eigenvalue weighted by Crippen LogP contribution is -2.14. The minimum Gasteiger partial charge on any atom is -0.283 e. The predicted octanol–water partition coefficient (Wildman–Crippen LogP) is 2.64.